The largest absolute Gasteiger partial charge is 0.481 e. The average Bonchev–Trinajstić information content (AvgIpc) is 3.18. The number of hydrogen-bond donors (Lipinski definition) is 1. The number of aromatic nitrogens is 2. The third-order valence-electron chi connectivity index (χ3n) is 3.30. The average molecular weight is 351 g/mol. The predicted octanol–water partition coefficient (Wildman–Crippen LogP) is 2.69. The van der Waals surface area contributed by atoms with Crippen molar-refractivity contribution in [1.29, 1.82) is 0 Å². The molecular weight excluding hydrogens is 330 g/mol. The molecule has 0 aliphatic rings. The summed E-state index contributed by atoms with van der Waals surface area (Å²) in [4.78, 5) is 29.9. The molecule has 0 radical (unpaired) electrons. The SMILES string of the molecule is CC(C)CN(CCC(=O)O)C(=O)CCc1nc(-c2cccs2)no1. The van der Waals surface area contributed by atoms with Crippen LogP contribution in [0.15, 0.2) is 22.0 Å². The number of thiophene rings is 1. The molecule has 0 fully saturated rings. The summed E-state index contributed by atoms with van der Waals surface area (Å²) >= 11 is 1.52. The van der Waals surface area contributed by atoms with Gasteiger partial charge in [0.15, 0.2) is 0 Å². The second kappa shape index (κ2) is 8.58. The van der Waals surface area contributed by atoms with E-state index in [9.17, 15) is 9.59 Å². The van der Waals surface area contributed by atoms with Crippen LogP contribution in [0.1, 0.15) is 32.6 Å². The van der Waals surface area contributed by atoms with Crippen LogP contribution in [0.3, 0.4) is 0 Å². The number of aliphatic carboxylic acids is 1. The van der Waals surface area contributed by atoms with Crippen molar-refractivity contribution in [3.8, 4) is 10.7 Å². The quantitative estimate of drug-likeness (QED) is 0.746. The highest BCUT2D eigenvalue weighted by Gasteiger charge is 2.18. The van der Waals surface area contributed by atoms with Gasteiger partial charge in [0.1, 0.15) is 0 Å². The first-order valence-corrected chi connectivity index (χ1v) is 8.69. The van der Waals surface area contributed by atoms with E-state index in [1.165, 1.54) is 11.3 Å². The highest BCUT2D eigenvalue weighted by Crippen LogP contribution is 2.21. The van der Waals surface area contributed by atoms with Gasteiger partial charge in [0.2, 0.25) is 17.6 Å². The van der Waals surface area contributed by atoms with Crippen molar-refractivity contribution in [1.82, 2.24) is 15.0 Å². The molecule has 0 saturated heterocycles. The van der Waals surface area contributed by atoms with Crippen LogP contribution in [0.25, 0.3) is 10.7 Å². The zero-order chi connectivity index (χ0) is 17.5. The van der Waals surface area contributed by atoms with Crippen molar-refractivity contribution < 1.29 is 19.2 Å². The van der Waals surface area contributed by atoms with Crippen LogP contribution >= 0.6 is 11.3 Å². The maximum absolute atomic E-state index is 12.3. The molecule has 0 aliphatic carbocycles. The Kier molecular flexibility index (Phi) is 6.48. The number of carboxylic acid groups (broad SMARTS) is 1. The van der Waals surface area contributed by atoms with Crippen LogP contribution in [0, 0.1) is 5.92 Å². The minimum absolute atomic E-state index is 0.0540. The first-order valence-electron chi connectivity index (χ1n) is 7.81. The van der Waals surface area contributed by atoms with Crippen LogP contribution < -0.4 is 0 Å². The van der Waals surface area contributed by atoms with E-state index in [-0.39, 0.29) is 31.2 Å². The van der Waals surface area contributed by atoms with E-state index in [0.29, 0.717) is 24.7 Å². The lowest BCUT2D eigenvalue weighted by Crippen LogP contribution is -2.36. The van der Waals surface area contributed by atoms with Gasteiger partial charge in [-0.2, -0.15) is 4.98 Å². The molecule has 1 N–H and O–H groups in total. The zero-order valence-electron chi connectivity index (χ0n) is 13.8. The van der Waals surface area contributed by atoms with Gasteiger partial charge in [0.05, 0.1) is 11.3 Å². The van der Waals surface area contributed by atoms with E-state index in [0.717, 1.165) is 4.88 Å². The normalized spacial score (nSPS) is 11.0. The first-order chi connectivity index (χ1) is 11.5. The lowest BCUT2D eigenvalue weighted by atomic mass is 10.1. The van der Waals surface area contributed by atoms with Crippen molar-refractivity contribution in [2.45, 2.75) is 33.1 Å². The van der Waals surface area contributed by atoms with Crippen LogP contribution in [0.2, 0.25) is 0 Å². The smallest absolute Gasteiger partial charge is 0.305 e. The topological polar surface area (TPSA) is 96.5 Å². The first kappa shape index (κ1) is 18.1. The standard InChI is InChI=1S/C16H21N3O4S/c1-11(2)10-19(8-7-15(21)22)14(20)6-5-13-17-16(18-23-13)12-4-3-9-24-12/h3-4,9,11H,5-8,10H2,1-2H3,(H,21,22). The summed E-state index contributed by atoms with van der Waals surface area (Å²) in [5, 5.41) is 14.7. The molecule has 2 heterocycles. The fourth-order valence-corrected chi connectivity index (χ4v) is 2.87. The van der Waals surface area contributed by atoms with Crippen LogP contribution in [0.5, 0.6) is 0 Å². The van der Waals surface area contributed by atoms with E-state index in [2.05, 4.69) is 10.1 Å². The van der Waals surface area contributed by atoms with Gasteiger partial charge >= 0.3 is 5.97 Å². The molecule has 0 spiro atoms. The molecule has 24 heavy (non-hydrogen) atoms. The number of carbonyl (C=O) groups is 2. The third-order valence-corrected chi connectivity index (χ3v) is 4.16. The number of rotatable bonds is 9. The molecule has 0 unspecified atom stereocenters. The molecule has 2 aromatic rings. The number of hydrogen-bond acceptors (Lipinski definition) is 6. The minimum atomic E-state index is -0.908. The molecule has 0 saturated carbocycles. The highest BCUT2D eigenvalue weighted by atomic mass is 32.1. The van der Waals surface area contributed by atoms with E-state index in [1.807, 2.05) is 31.4 Å². The minimum Gasteiger partial charge on any atom is -0.481 e. The van der Waals surface area contributed by atoms with Crippen LogP contribution in [0.4, 0.5) is 0 Å². The summed E-state index contributed by atoms with van der Waals surface area (Å²) in [6, 6.07) is 3.81. The maximum atomic E-state index is 12.3. The Balaban J connectivity index is 1.90. The van der Waals surface area contributed by atoms with Crippen molar-refractivity contribution in [2.75, 3.05) is 13.1 Å². The van der Waals surface area contributed by atoms with Gasteiger partial charge in [-0.15, -0.1) is 11.3 Å². The molecule has 0 bridgehead atoms. The summed E-state index contributed by atoms with van der Waals surface area (Å²) in [5.41, 5.74) is 0. The molecular formula is C16H21N3O4S. The van der Waals surface area contributed by atoms with Gasteiger partial charge < -0.3 is 14.5 Å². The maximum Gasteiger partial charge on any atom is 0.305 e. The van der Waals surface area contributed by atoms with E-state index in [4.69, 9.17) is 9.63 Å². The van der Waals surface area contributed by atoms with Crippen LogP contribution in [-0.2, 0) is 16.0 Å². The molecule has 130 valence electrons. The molecule has 8 heteroatoms. The zero-order valence-corrected chi connectivity index (χ0v) is 14.6. The Hall–Kier alpha value is -2.22. The number of carboxylic acids is 1. The summed E-state index contributed by atoms with van der Waals surface area (Å²) in [5.74, 6) is 0.207. The molecule has 0 atom stereocenters. The molecule has 0 aromatic carbocycles. The summed E-state index contributed by atoms with van der Waals surface area (Å²) in [6.45, 7) is 4.74. The molecule has 2 rings (SSSR count). The van der Waals surface area contributed by atoms with Crippen molar-refractivity contribution in [2.24, 2.45) is 5.92 Å². The Morgan fingerprint density at radius 1 is 1.38 bits per heavy atom. The predicted molar refractivity (Wildman–Crippen MR) is 89.6 cm³/mol. The van der Waals surface area contributed by atoms with Gasteiger partial charge in [0, 0.05) is 25.9 Å². The fraction of sp³-hybridized carbons (Fsp3) is 0.500. The van der Waals surface area contributed by atoms with Crippen molar-refractivity contribution in [3.05, 3.63) is 23.4 Å². The summed E-state index contributed by atoms with van der Waals surface area (Å²) in [7, 11) is 0. The molecule has 0 aliphatic heterocycles. The van der Waals surface area contributed by atoms with Crippen molar-refractivity contribution in [3.63, 3.8) is 0 Å². The van der Waals surface area contributed by atoms with Gasteiger partial charge in [-0.3, -0.25) is 9.59 Å². The Labute approximate surface area is 144 Å². The summed E-state index contributed by atoms with van der Waals surface area (Å²) < 4.78 is 5.18. The molecule has 2 aromatic heterocycles. The lowest BCUT2D eigenvalue weighted by Gasteiger charge is -2.23. The van der Waals surface area contributed by atoms with Gasteiger partial charge in [-0.05, 0) is 17.4 Å². The van der Waals surface area contributed by atoms with E-state index in [1.54, 1.807) is 4.90 Å². The second-order valence-corrected chi connectivity index (χ2v) is 6.81. The van der Waals surface area contributed by atoms with Gasteiger partial charge in [0.25, 0.3) is 0 Å². The van der Waals surface area contributed by atoms with E-state index < -0.39 is 5.97 Å². The van der Waals surface area contributed by atoms with Crippen LogP contribution in [-0.4, -0.2) is 45.1 Å². The van der Waals surface area contributed by atoms with Gasteiger partial charge in [-0.1, -0.05) is 25.1 Å². The van der Waals surface area contributed by atoms with E-state index >= 15 is 0 Å². The number of nitrogens with zero attached hydrogens (tertiary/aromatic N) is 3. The number of aryl methyl sites for hydroxylation is 1. The second-order valence-electron chi connectivity index (χ2n) is 5.87. The lowest BCUT2D eigenvalue weighted by molar-refractivity contribution is -0.138. The Bertz CT molecular complexity index is 667. The fourth-order valence-electron chi connectivity index (χ4n) is 2.22. The van der Waals surface area contributed by atoms with Crippen molar-refractivity contribution >= 4 is 23.2 Å². The Morgan fingerprint density at radius 3 is 2.79 bits per heavy atom. The summed E-state index contributed by atoms with van der Waals surface area (Å²) in [6.07, 6.45) is 0.513. The molecule has 7 nitrogen and oxygen atoms in total. The van der Waals surface area contributed by atoms with Gasteiger partial charge in [-0.25, -0.2) is 0 Å². The molecule has 1 amide bonds. The highest BCUT2D eigenvalue weighted by molar-refractivity contribution is 7.13. The number of carbonyl (C=O) groups excluding carboxylic acids is 1. The number of amides is 1. The Morgan fingerprint density at radius 2 is 2.17 bits per heavy atom. The third kappa shape index (κ3) is 5.45. The monoisotopic (exact) mass is 351 g/mol.